The van der Waals surface area contributed by atoms with Crippen LogP contribution in [0.3, 0.4) is 0 Å². The van der Waals surface area contributed by atoms with Gasteiger partial charge in [-0.2, -0.15) is 0 Å². The molecule has 1 fully saturated rings. The third-order valence-electron chi connectivity index (χ3n) is 5.42. The molecule has 9 heteroatoms. The molecule has 0 heterocycles. The Morgan fingerprint density at radius 1 is 1.10 bits per heavy atom. The van der Waals surface area contributed by atoms with Crippen molar-refractivity contribution in [3.8, 4) is 11.5 Å². The molecule has 1 saturated carbocycles. The molecular formula is C22H27N3O6. The van der Waals surface area contributed by atoms with Crippen molar-refractivity contribution in [3.63, 3.8) is 0 Å². The molecule has 2 aromatic carbocycles. The van der Waals surface area contributed by atoms with Gasteiger partial charge in [0.05, 0.1) is 30.8 Å². The summed E-state index contributed by atoms with van der Waals surface area (Å²) in [5.41, 5.74) is 1.39. The summed E-state index contributed by atoms with van der Waals surface area (Å²) < 4.78 is 10.5. The Kier molecular flexibility index (Phi) is 7.30. The van der Waals surface area contributed by atoms with Crippen LogP contribution in [0.2, 0.25) is 0 Å². The fourth-order valence-corrected chi connectivity index (χ4v) is 3.67. The zero-order chi connectivity index (χ0) is 22.4. The van der Waals surface area contributed by atoms with Crippen molar-refractivity contribution in [2.75, 3.05) is 19.5 Å². The van der Waals surface area contributed by atoms with Crippen LogP contribution < -0.4 is 20.1 Å². The van der Waals surface area contributed by atoms with Crippen LogP contribution in [0.1, 0.15) is 41.6 Å². The van der Waals surface area contributed by atoms with E-state index in [1.807, 2.05) is 6.07 Å². The Hall–Kier alpha value is -3.33. The van der Waals surface area contributed by atoms with Gasteiger partial charge in [-0.05, 0) is 49.4 Å². The van der Waals surface area contributed by atoms with Crippen LogP contribution >= 0.6 is 0 Å². The van der Waals surface area contributed by atoms with E-state index in [0.29, 0.717) is 30.0 Å². The average molecular weight is 429 g/mol. The molecule has 2 aromatic rings. The normalized spacial score (nSPS) is 18.2. The molecule has 3 N–H and O–H groups in total. The zero-order valence-corrected chi connectivity index (χ0v) is 17.6. The van der Waals surface area contributed by atoms with Crippen molar-refractivity contribution in [1.29, 1.82) is 0 Å². The summed E-state index contributed by atoms with van der Waals surface area (Å²) in [5, 5.41) is 27.1. The zero-order valence-electron chi connectivity index (χ0n) is 17.6. The number of aliphatic hydroxyl groups is 1. The number of carbonyl (C=O) groups is 1. The topological polar surface area (TPSA) is 123 Å². The van der Waals surface area contributed by atoms with Gasteiger partial charge in [-0.3, -0.25) is 14.9 Å². The smallest absolute Gasteiger partial charge is 0.270 e. The minimum Gasteiger partial charge on any atom is -0.493 e. The van der Waals surface area contributed by atoms with Gasteiger partial charge in [-0.15, -0.1) is 0 Å². The summed E-state index contributed by atoms with van der Waals surface area (Å²) in [7, 11) is 3.08. The number of nitrogens with one attached hydrogen (secondary N) is 2. The number of benzene rings is 2. The predicted molar refractivity (Wildman–Crippen MR) is 116 cm³/mol. The third-order valence-corrected chi connectivity index (χ3v) is 5.42. The van der Waals surface area contributed by atoms with E-state index in [1.165, 1.54) is 19.2 Å². The molecule has 0 unspecified atom stereocenters. The highest BCUT2D eigenvalue weighted by Crippen LogP contribution is 2.29. The molecule has 1 aliphatic carbocycles. The number of nitro benzene ring substituents is 1. The summed E-state index contributed by atoms with van der Waals surface area (Å²) in [6, 6.07) is 9.64. The van der Waals surface area contributed by atoms with Crippen LogP contribution in [-0.2, 0) is 6.54 Å². The van der Waals surface area contributed by atoms with Crippen molar-refractivity contribution in [2.45, 2.75) is 44.4 Å². The third kappa shape index (κ3) is 5.64. The summed E-state index contributed by atoms with van der Waals surface area (Å²) in [5.74, 6) is 0.712. The van der Waals surface area contributed by atoms with Gasteiger partial charge in [-0.25, -0.2) is 0 Å². The highest BCUT2D eigenvalue weighted by atomic mass is 16.6. The second kappa shape index (κ2) is 10.1. The maximum atomic E-state index is 12.9. The number of ether oxygens (including phenoxy) is 2. The largest absolute Gasteiger partial charge is 0.493 e. The number of carbonyl (C=O) groups excluding carboxylic acids is 1. The first kappa shape index (κ1) is 22.4. The molecule has 166 valence electrons. The van der Waals surface area contributed by atoms with E-state index in [2.05, 4.69) is 10.6 Å². The lowest BCUT2D eigenvalue weighted by atomic mass is 9.92. The highest BCUT2D eigenvalue weighted by Gasteiger charge is 2.22. The lowest BCUT2D eigenvalue weighted by molar-refractivity contribution is -0.384. The monoisotopic (exact) mass is 429 g/mol. The summed E-state index contributed by atoms with van der Waals surface area (Å²) in [6.07, 6.45) is 2.62. The molecule has 3 rings (SSSR count). The number of rotatable bonds is 8. The van der Waals surface area contributed by atoms with Gasteiger partial charge in [0.15, 0.2) is 11.5 Å². The fourth-order valence-electron chi connectivity index (χ4n) is 3.67. The minimum absolute atomic E-state index is 0.0993. The van der Waals surface area contributed by atoms with Crippen LogP contribution in [0.5, 0.6) is 11.5 Å². The molecule has 0 spiro atoms. The van der Waals surface area contributed by atoms with E-state index in [-0.39, 0.29) is 29.9 Å². The number of hydrogen-bond donors (Lipinski definition) is 3. The summed E-state index contributed by atoms with van der Waals surface area (Å²) >= 11 is 0. The van der Waals surface area contributed by atoms with E-state index in [0.717, 1.165) is 18.4 Å². The molecule has 0 saturated heterocycles. The predicted octanol–water partition coefficient (Wildman–Crippen LogP) is 3.26. The molecule has 0 aromatic heterocycles. The quantitative estimate of drug-likeness (QED) is 0.435. The minimum atomic E-state index is -0.522. The Morgan fingerprint density at radius 3 is 2.45 bits per heavy atom. The highest BCUT2D eigenvalue weighted by molar-refractivity contribution is 6.00. The molecule has 31 heavy (non-hydrogen) atoms. The number of methoxy groups -OCH3 is 2. The maximum Gasteiger partial charge on any atom is 0.270 e. The van der Waals surface area contributed by atoms with Crippen molar-refractivity contribution >= 4 is 17.3 Å². The number of non-ortho nitro benzene ring substituents is 1. The number of nitro groups is 1. The van der Waals surface area contributed by atoms with Crippen molar-refractivity contribution < 1.29 is 24.3 Å². The van der Waals surface area contributed by atoms with Gasteiger partial charge in [-0.1, -0.05) is 6.07 Å². The van der Waals surface area contributed by atoms with Crippen LogP contribution in [0.25, 0.3) is 0 Å². The number of anilines is 1. The second-order valence-electron chi connectivity index (χ2n) is 7.51. The average Bonchev–Trinajstić information content (AvgIpc) is 2.78. The molecule has 0 bridgehead atoms. The van der Waals surface area contributed by atoms with Gasteiger partial charge >= 0.3 is 0 Å². The van der Waals surface area contributed by atoms with Crippen LogP contribution in [0, 0.1) is 10.1 Å². The first-order chi connectivity index (χ1) is 14.9. The Labute approximate surface area is 180 Å². The van der Waals surface area contributed by atoms with Gasteiger partial charge in [0.25, 0.3) is 11.6 Å². The van der Waals surface area contributed by atoms with E-state index in [1.54, 1.807) is 25.3 Å². The molecule has 9 nitrogen and oxygen atoms in total. The van der Waals surface area contributed by atoms with Crippen LogP contribution in [-0.4, -0.2) is 42.3 Å². The number of hydrogen-bond acceptors (Lipinski definition) is 7. The standard InChI is InChI=1S/C22H27N3O6/c1-30-20-10-3-14(11-21(20)31-2)13-23-22(27)18-12-16(25(28)29)6-9-19(18)24-15-4-7-17(26)8-5-15/h3,6,9-12,15,17,24,26H,4-5,7-8,13H2,1-2H3,(H,23,27). The molecule has 1 amide bonds. The van der Waals surface area contributed by atoms with Crippen molar-refractivity contribution in [2.24, 2.45) is 0 Å². The molecule has 0 atom stereocenters. The first-order valence-corrected chi connectivity index (χ1v) is 10.1. The lowest BCUT2D eigenvalue weighted by Crippen LogP contribution is -2.30. The second-order valence-corrected chi connectivity index (χ2v) is 7.51. The van der Waals surface area contributed by atoms with Gasteiger partial charge in [0, 0.05) is 30.4 Å². The van der Waals surface area contributed by atoms with Gasteiger partial charge < -0.3 is 25.2 Å². The van der Waals surface area contributed by atoms with E-state index in [4.69, 9.17) is 9.47 Å². The Morgan fingerprint density at radius 2 is 1.81 bits per heavy atom. The van der Waals surface area contributed by atoms with Gasteiger partial charge in [0.1, 0.15) is 0 Å². The van der Waals surface area contributed by atoms with Crippen LogP contribution in [0.4, 0.5) is 11.4 Å². The summed E-state index contributed by atoms with van der Waals surface area (Å²) in [6.45, 7) is 0.219. The van der Waals surface area contributed by atoms with E-state index >= 15 is 0 Å². The molecule has 1 aliphatic rings. The first-order valence-electron chi connectivity index (χ1n) is 10.1. The number of nitrogens with zero attached hydrogens (tertiary/aromatic N) is 1. The lowest BCUT2D eigenvalue weighted by Gasteiger charge is -2.27. The van der Waals surface area contributed by atoms with Gasteiger partial charge in [0.2, 0.25) is 0 Å². The Balaban J connectivity index is 1.76. The fraction of sp³-hybridized carbons (Fsp3) is 0.409. The van der Waals surface area contributed by atoms with Crippen molar-refractivity contribution in [1.82, 2.24) is 5.32 Å². The molecule has 0 radical (unpaired) electrons. The molecule has 0 aliphatic heterocycles. The number of aliphatic hydroxyl groups excluding tert-OH is 1. The summed E-state index contributed by atoms with van der Waals surface area (Å²) in [4.78, 5) is 23.6. The van der Waals surface area contributed by atoms with E-state index < -0.39 is 10.8 Å². The van der Waals surface area contributed by atoms with E-state index in [9.17, 15) is 20.0 Å². The Bertz CT molecular complexity index is 941. The maximum absolute atomic E-state index is 12.9. The number of amides is 1. The SMILES string of the molecule is COc1ccc(CNC(=O)c2cc([N+](=O)[O-])ccc2NC2CCC(O)CC2)cc1OC. The van der Waals surface area contributed by atoms with Crippen molar-refractivity contribution in [3.05, 3.63) is 57.6 Å². The van der Waals surface area contributed by atoms with Crippen LogP contribution in [0.15, 0.2) is 36.4 Å². The molecular weight excluding hydrogens is 402 g/mol.